The molecule has 0 aliphatic heterocycles. The molecule has 0 spiro atoms. The first-order chi connectivity index (χ1) is 9.58. The van der Waals surface area contributed by atoms with Crippen LogP contribution in [0.5, 0.6) is 0 Å². The van der Waals surface area contributed by atoms with Gasteiger partial charge in [-0.1, -0.05) is 34.7 Å². The fourth-order valence-corrected chi connectivity index (χ4v) is 2.95. The fraction of sp³-hybridized carbons (Fsp3) is 0.182. The van der Waals surface area contributed by atoms with Gasteiger partial charge in [-0.3, -0.25) is 4.79 Å². The molecule has 0 bridgehead atoms. The minimum atomic E-state index is -0.527. The molecular weight excluding hydrogens is 323 g/mol. The summed E-state index contributed by atoms with van der Waals surface area (Å²) < 4.78 is 14.1. The largest absolute Gasteiger partial charge is 0.363 e. The Morgan fingerprint density at radius 3 is 3.00 bits per heavy atom. The molecule has 9 heteroatoms. The van der Waals surface area contributed by atoms with E-state index in [2.05, 4.69) is 20.8 Å². The maximum atomic E-state index is 13.4. The number of amides is 1. The molecule has 1 aromatic heterocycles. The summed E-state index contributed by atoms with van der Waals surface area (Å²) in [5, 5.41) is 14.1. The Labute approximate surface area is 127 Å². The van der Waals surface area contributed by atoms with E-state index in [0.717, 1.165) is 0 Å². The van der Waals surface area contributed by atoms with Gasteiger partial charge in [0.15, 0.2) is 4.34 Å². The highest BCUT2D eigenvalue weighted by Gasteiger charge is 2.10. The molecule has 0 aliphatic carbocycles. The van der Waals surface area contributed by atoms with Gasteiger partial charge in [0, 0.05) is 12.1 Å². The molecule has 0 saturated carbocycles. The first-order valence-corrected chi connectivity index (χ1v) is 7.65. The zero-order chi connectivity index (χ0) is 14.5. The number of halogens is 2. The normalized spacial score (nSPS) is 10.3. The lowest BCUT2D eigenvalue weighted by Crippen LogP contribution is -2.15. The van der Waals surface area contributed by atoms with Gasteiger partial charge < -0.3 is 10.6 Å². The van der Waals surface area contributed by atoms with Crippen LogP contribution in [0.3, 0.4) is 0 Å². The van der Waals surface area contributed by atoms with E-state index in [1.807, 2.05) is 0 Å². The molecule has 0 saturated heterocycles. The molecule has 0 radical (unpaired) electrons. The minimum absolute atomic E-state index is 0.0660. The average Bonchev–Trinajstić information content (AvgIpc) is 2.89. The standard InChI is InChI=1S/C11H10ClFN4OS2/c1-14-10-16-17-11(20-10)19-5-9(18)15-8-4-6(12)2-3-7(8)13/h2-4H,5H2,1H3,(H,14,16)(H,15,18). The number of nitrogens with one attached hydrogen (secondary N) is 2. The first-order valence-electron chi connectivity index (χ1n) is 5.47. The molecule has 1 heterocycles. The number of benzene rings is 1. The summed E-state index contributed by atoms with van der Waals surface area (Å²) in [6.07, 6.45) is 0. The Morgan fingerprint density at radius 2 is 2.30 bits per heavy atom. The molecule has 5 nitrogen and oxygen atoms in total. The van der Waals surface area contributed by atoms with E-state index < -0.39 is 5.82 Å². The van der Waals surface area contributed by atoms with Crippen molar-refractivity contribution in [3.05, 3.63) is 29.0 Å². The van der Waals surface area contributed by atoms with Gasteiger partial charge in [-0.05, 0) is 18.2 Å². The van der Waals surface area contributed by atoms with Crippen molar-refractivity contribution in [1.29, 1.82) is 0 Å². The first kappa shape index (κ1) is 15.0. The number of aromatic nitrogens is 2. The molecule has 0 fully saturated rings. The number of thioether (sulfide) groups is 1. The van der Waals surface area contributed by atoms with Gasteiger partial charge in [-0.25, -0.2) is 4.39 Å². The van der Waals surface area contributed by atoms with E-state index in [1.165, 1.54) is 41.3 Å². The monoisotopic (exact) mass is 332 g/mol. The number of hydrogen-bond donors (Lipinski definition) is 2. The predicted molar refractivity (Wildman–Crippen MR) is 80.2 cm³/mol. The zero-order valence-electron chi connectivity index (χ0n) is 10.3. The number of carbonyl (C=O) groups excluding carboxylic acids is 1. The van der Waals surface area contributed by atoms with Crippen LogP contribution in [-0.2, 0) is 4.79 Å². The lowest BCUT2D eigenvalue weighted by Gasteiger charge is -2.05. The van der Waals surface area contributed by atoms with Gasteiger partial charge in [0.1, 0.15) is 5.82 Å². The third-order valence-corrected chi connectivity index (χ3v) is 4.46. The van der Waals surface area contributed by atoms with Crippen molar-refractivity contribution in [2.45, 2.75) is 4.34 Å². The van der Waals surface area contributed by atoms with E-state index in [-0.39, 0.29) is 17.3 Å². The van der Waals surface area contributed by atoms with E-state index >= 15 is 0 Å². The van der Waals surface area contributed by atoms with Gasteiger partial charge in [0.25, 0.3) is 0 Å². The number of hydrogen-bond acceptors (Lipinski definition) is 6. The molecule has 2 rings (SSSR count). The summed E-state index contributed by atoms with van der Waals surface area (Å²) in [7, 11) is 1.74. The van der Waals surface area contributed by atoms with Crippen molar-refractivity contribution in [3.8, 4) is 0 Å². The Morgan fingerprint density at radius 1 is 1.50 bits per heavy atom. The highest BCUT2D eigenvalue weighted by atomic mass is 35.5. The van der Waals surface area contributed by atoms with Crippen LogP contribution in [0.1, 0.15) is 0 Å². The molecule has 1 amide bonds. The minimum Gasteiger partial charge on any atom is -0.363 e. The summed E-state index contributed by atoms with van der Waals surface area (Å²) >= 11 is 8.32. The Balaban J connectivity index is 1.90. The maximum absolute atomic E-state index is 13.4. The van der Waals surface area contributed by atoms with Crippen molar-refractivity contribution in [1.82, 2.24) is 10.2 Å². The molecule has 0 atom stereocenters. The van der Waals surface area contributed by atoms with Crippen LogP contribution in [0.25, 0.3) is 0 Å². The second kappa shape index (κ2) is 6.87. The number of nitrogens with zero attached hydrogens (tertiary/aromatic N) is 2. The molecule has 2 N–H and O–H groups in total. The van der Waals surface area contributed by atoms with Crippen molar-refractivity contribution < 1.29 is 9.18 Å². The molecule has 0 unspecified atom stereocenters. The van der Waals surface area contributed by atoms with Crippen LogP contribution in [0.2, 0.25) is 5.02 Å². The molecule has 0 aliphatic rings. The predicted octanol–water partition coefficient (Wildman–Crippen LogP) is 3.10. The van der Waals surface area contributed by atoms with Crippen LogP contribution in [0.15, 0.2) is 22.5 Å². The summed E-state index contributed by atoms with van der Waals surface area (Å²) in [5.74, 6) is -0.747. The second-order valence-corrected chi connectivity index (χ2v) is 6.22. The third-order valence-electron chi connectivity index (χ3n) is 2.15. The summed E-state index contributed by atoms with van der Waals surface area (Å²) in [4.78, 5) is 11.7. The second-order valence-electron chi connectivity index (χ2n) is 3.58. The van der Waals surface area contributed by atoms with E-state index in [0.29, 0.717) is 14.5 Å². The van der Waals surface area contributed by atoms with Crippen LogP contribution in [0.4, 0.5) is 15.2 Å². The van der Waals surface area contributed by atoms with Crippen LogP contribution >= 0.6 is 34.7 Å². The maximum Gasteiger partial charge on any atom is 0.234 e. The quantitative estimate of drug-likeness (QED) is 0.823. The summed E-state index contributed by atoms with van der Waals surface area (Å²) in [6.45, 7) is 0. The Kier molecular flexibility index (Phi) is 5.16. The molecular formula is C11H10ClFN4OS2. The van der Waals surface area contributed by atoms with E-state index in [1.54, 1.807) is 7.05 Å². The molecule has 2 aromatic rings. The summed E-state index contributed by atoms with van der Waals surface area (Å²) in [6, 6.07) is 3.99. The topological polar surface area (TPSA) is 66.9 Å². The average molecular weight is 333 g/mol. The Hall–Kier alpha value is -1.38. The van der Waals surface area contributed by atoms with Crippen molar-refractivity contribution in [2.75, 3.05) is 23.4 Å². The molecule has 1 aromatic carbocycles. The van der Waals surface area contributed by atoms with Crippen LogP contribution < -0.4 is 10.6 Å². The van der Waals surface area contributed by atoms with Crippen molar-refractivity contribution >= 4 is 51.4 Å². The van der Waals surface area contributed by atoms with Gasteiger partial charge in [-0.15, -0.1) is 10.2 Å². The highest BCUT2D eigenvalue weighted by Crippen LogP contribution is 2.25. The van der Waals surface area contributed by atoms with Crippen LogP contribution in [-0.4, -0.2) is 28.9 Å². The van der Waals surface area contributed by atoms with Crippen molar-refractivity contribution in [3.63, 3.8) is 0 Å². The van der Waals surface area contributed by atoms with Gasteiger partial charge in [-0.2, -0.15) is 0 Å². The number of rotatable bonds is 5. The van der Waals surface area contributed by atoms with Gasteiger partial charge in [0.05, 0.1) is 11.4 Å². The van der Waals surface area contributed by atoms with Crippen molar-refractivity contribution in [2.24, 2.45) is 0 Å². The smallest absolute Gasteiger partial charge is 0.234 e. The lowest BCUT2D eigenvalue weighted by atomic mass is 10.3. The third kappa shape index (κ3) is 4.06. The molecule has 20 heavy (non-hydrogen) atoms. The van der Waals surface area contributed by atoms with Gasteiger partial charge in [0.2, 0.25) is 11.0 Å². The highest BCUT2D eigenvalue weighted by molar-refractivity contribution is 8.01. The fourth-order valence-electron chi connectivity index (χ4n) is 1.28. The zero-order valence-corrected chi connectivity index (χ0v) is 12.7. The van der Waals surface area contributed by atoms with Crippen LogP contribution in [0, 0.1) is 5.82 Å². The lowest BCUT2D eigenvalue weighted by molar-refractivity contribution is -0.113. The van der Waals surface area contributed by atoms with E-state index in [4.69, 9.17) is 11.6 Å². The number of anilines is 2. The Bertz CT molecular complexity index is 622. The van der Waals surface area contributed by atoms with E-state index in [9.17, 15) is 9.18 Å². The summed E-state index contributed by atoms with van der Waals surface area (Å²) in [5.41, 5.74) is 0.0660. The molecule has 106 valence electrons. The SMILES string of the molecule is CNc1nnc(SCC(=O)Nc2cc(Cl)ccc2F)s1. The van der Waals surface area contributed by atoms with Gasteiger partial charge >= 0.3 is 0 Å². The number of carbonyl (C=O) groups is 1.